The van der Waals surface area contributed by atoms with Crippen LogP contribution in [0.1, 0.15) is 63.0 Å². The van der Waals surface area contributed by atoms with Crippen LogP contribution >= 0.6 is 0 Å². The Balaban J connectivity index is 2.24. The molecule has 1 rings (SSSR count). The molecule has 0 amide bonds. The van der Waals surface area contributed by atoms with Crippen molar-refractivity contribution >= 4 is 10.1 Å². The van der Waals surface area contributed by atoms with Gasteiger partial charge in [-0.2, -0.15) is 0 Å². The number of hydrogen-bond donors (Lipinski definition) is 0. The third-order valence-corrected chi connectivity index (χ3v) is 5.77. The second-order valence-corrected chi connectivity index (χ2v) is 9.61. The van der Waals surface area contributed by atoms with Crippen molar-refractivity contribution in [2.24, 2.45) is 0 Å². The summed E-state index contributed by atoms with van der Waals surface area (Å²) in [5.74, 6) is -0.238. The molecule has 0 N–H and O–H groups in total. The number of unbranched alkanes of at least 4 members (excludes halogenated alkanes) is 4. The fraction of sp³-hybridized carbons (Fsp3) is 0.714. The first-order chi connectivity index (χ1) is 12.2. The van der Waals surface area contributed by atoms with Crippen molar-refractivity contribution in [3.63, 3.8) is 0 Å². The quantitative estimate of drug-likeness (QED) is 0.275. The maximum Gasteiger partial charge on any atom is 0.0945 e. The lowest BCUT2D eigenvalue weighted by Crippen LogP contribution is -2.41. The normalized spacial score (nSPS) is 12.5. The highest BCUT2D eigenvalue weighted by Crippen LogP contribution is 2.12. The van der Waals surface area contributed by atoms with E-state index in [2.05, 4.69) is 45.3 Å². The molecule has 0 aliphatic rings. The Bertz CT molecular complexity index is 594. The zero-order valence-corrected chi connectivity index (χ0v) is 17.7. The lowest BCUT2D eigenvalue weighted by Gasteiger charge is -2.30. The number of quaternary nitrogens is 1. The average Bonchev–Trinajstić information content (AvgIpc) is 2.56. The van der Waals surface area contributed by atoms with Crippen LogP contribution in [-0.2, 0) is 23.0 Å². The maximum absolute atomic E-state index is 10.6. The Labute approximate surface area is 161 Å². The highest BCUT2D eigenvalue weighted by molar-refractivity contribution is 7.85. The van der Waals surface area contributed by atoms with Crippen LogP contribution in [0.3, 0.4) is 0 Å². The van der Waals surface area contributed by atoms with Gasteiger partial charge in [-0.3, -0.25) is 0 Å². The first-order valence-electron chi connectivity index (χ1n) is 10.1. The van der Waals surface area contributed by atoms with Gasteiger partial charge in [0, 0.05) is 12.2 Å². The van der Waals surface area contributed by atoms with Crippen molar-refractivity contribution in [3.8, 4) is 0 Å². The van der Waals surface area contributed by atoms with Gasteiger partial charge in [0.15, 0.2) is 0 Å². The minimum atomic E-state index is -4.06. The van der Waals surface area contributed by atoms with Crippen molar-refractivity contribution in [2.45, 2.75) is 64.7 Å². The Kier molecular flexibility index (Phi) is 10.4. The van der Waals surface area contributed by atoms with Crippen LogP contribution in [0.5, 0.6) is 0 Å². The minimum Gasteiger partial charge on any atom is -0.748 e. The van der Waals surface area contributed by atoms with Gasteiger partial charge in [0.1, 0.15) is 0 Å². The fourth-order valence-corrected chi connectivity index (χ4v) is 3.83. The van der Waals surface area contributed by atoms with Crippen LogP contribution in [0.2, 0.25) is 0 Å². The molecule has 150 valence electrons. The molecule has 0 saturated heterocycles. The number of aryl methyl sites for hydroxylation is 2. The van der Waals surface area contributed by atoms with E-state index >= 15 is 0 Å². The molecule has 0 spiro atoms. The SMILES string of the molecule is CCCCCCc1ccc(CCC[N+](C)(C)CCCCS(=O)(=O)[O-])cc1. The van der Waals surface area contributed by atoms with Crippen molar-refractivity contribution in [1.82, 2.24) is 0 Å². The Morgan fingerprint density at radius 1 is 0.808 bits per heavy atom. The van der Waals surface area contributed by atoms with Crippen LogP contribution in [0, 0.1) is 0 Å². The molecule has 5 heteroatoms. The van der Waals surface area contributed by atoms with Crippen LogP contribution in [0.25, 0.3) is 0 Å². The van der Waals surface area contributed by atoms with Crippen molar-refractivity contribution in [3.05, 3.63) is 35.4 Å². The molecule has 1 aromatic rings. The first-order valence-corrected chi connectivity index (χ1v) is 11.6. The standard InChI is InChI=1S/C21H37NO3S/c1-4-5-6-7-11-20-13-15-21(16-14-20)12-10-18-22(2,3)17-8-9-19-26(23,24)25/h13-16H,4-12,17-19H2,1-3H3. The number of nitrogens with zero attached hydrogens (tertiary/aromatic N) is 1. The summed E-state index contributed by atoms with van der Waals surface area (Å²) in [5.41, 5.74) is 2.83. The summed E-state index contributed by atoms with van der Waals surface area (Å²) in [5, 5.41) is 0. The number of hydrogen-bond acceptors (Lipinski definition) is 3. The van der Waals surface area contributed by atoms with Gasteiger partial charge in [0.05, 0.1) is 37.3 Å². The van der Waals surface area contributed by atoms with Gasteiger partial charge in [0.2, 0.25) is 0 Å². The summed E-state index contributed by atoms with van der Waals surface area (Å²) in [4.78, 5) is 0. The molecule has 0 saturated carbocycles. The maximum atomic E-state index is 10.6. The van der Waals surface area contributed by atoms with E-state index in [0.29, 0.717) is 6.42 Å². The molecule has 1 aromatic carbocycles. The molecule has 0 aromatic heterocycles. The van der Waals surface area contributed by atoms with Crippen LogP contribution < -0.4 is 0 Å². The van der Waals surface area contributed by atoms with E-state index in [1.54, 1.807) is 0 Å². The smallest absolute Gasteiger partial charge is 0.0945 e. The van der Waals surface area contributed by atoms with Crippen molar-refractivity contribution < 1.29 is 17.5 Å². The third kappa shape index (κ3) is 11.7. The van der Waals surface area contributed by atoms with Gasteiger partial charge in [0.25, 0.3) is 0 Å². The van der Waals surface area contributed by atoms with E-state index in [0.717, 1.165) is 36.8 Å². The summed E-state index contributed by atoms with van der Waals surface area (Å²) in [6, 6.07) is 9.05. The van der Waals surface area contributed by atoms with E-state index in [-0.39, 0.29) is 5.75 Å². The molecule has 0 unspecified atom stereocenters. The lowest BCUT2D eigenvalue weighted by molar-refractivity contribution is -0.890. The second kappa shape index (κ2) is 11.7. The van der Waals surface area contributed by atoms with Gasteiger partial charge in [-0.05, 0) is 43.2 Å². The Morgan fingerprint density at radius 2 is 1.35 bits per heavy atom. The van der Waals surface area contributed by atoms with Gasteiger partial charge < -0.3 is 9.04 Å². The number of benzene rings is 1. The summed E-state index contributed by atoms with van der Waals surface area (Å²) in [6.45, 7) is 4.21. The molecule has 4 nitrogen and oxygen atoms in total. The molecule has 0 bridgehead atoms. The monoisotopic (exact) mass is 383 g/mol. The van der Waals surface area contributed by atoms with Crippen molar-refractivity contribution in [2.75, 3.05) is 32.9 Å². The summed E-state index contributed by atoms with van der Waals surface area (Å²) < 4.78 is 32.8. The number of rotatable bonds is 14. The van der Waals surface area contributed by atoms with E-state index in [1.165, 1.54) is 43.2 Å². The highest BCUT2D eigenvalue weighted by Gasteiger charge is 2.14. The van der Waals surface area contributed by atoms with Crippen LogP contribution in [-0.4, -0.2) is 50.4 Å². The van der Waals surface area contributed by atoms with Crippen LogP contribution in [0.15, 0.2) is 24.3 Å². The van der Waals surface area contributed by atoms with Gasteiger partial charge >= 0.3 is 0 Å². The van der Waals surface area contributed by atoms with E-state index in [9.17, 15) is 13.0 Å². The molecule has 0 atom stereocenters. The van der Waals surface area contributed by atoms with E-state index in [4.69, 9.17) is 0 Å². The molecular formula is C21H37NO3S. The van der Waals surface area contributed by atoms with Gasteiger partial charge in [-0.15, -0.1) is 0 Å². The summed E-state index contributed by atoms with van der Waals surface area (Å²) in [7, 11) is 0.279. The Hall–Kier alpha value is -0.910. The second-order valence-electron chi connectivity index (χ2n) is 8.08. The topological polar surface area (TPSA) is 57.2 Å². The minimum absolute atomic E-state index is 0.238. The largest absolute Gasteiger partial charge is 0.748 e. The molecule has 0 heterocycles. The third-order valence-electron chi connectivity index (χ3n) is 4.98. The molecule has 0 radical (unpaired) electrons. The highest BCUT2D eigenvalue weighted by atomic mass is 32.2. The molecule has 0 aliphatic heterocycles. The zero-order chi connectivity index (χ0) is 19.5. The van der Waals surface area contributed by atoms with Crippen LogP contribution in [0.4, 0.5) is 0 Å². The summed E-state index contributed by atoms with van der Waals surface area (Å²) >= 11 is 0. The van der Waals surface area contributed by atoms with E-state index < -0.39 is 10.1 Å². The lowest BCUT2D eigenvalue weighted by atomic mass is 10.0. The van der Waals surface area contributed by atoms with E-state index in [1.807, 2.05) is 0 Å². The van der Waals surface area contributed by atoms with Gasteiger partial charge in [-0.1, -0.05) is 50.5 Å². The molecule has 0 aliphatic carbocycles. The fourth-order valence-electron chi connectivity index (χ4n) is 3.27. The molecule has 0 fully saturated rings. The van der Waals surface area contributed by atoms with Crippen molar-refractivity contribution in [1.29, 1.82) is 0 Å². The predicted octanol–water partition coefficient (Wildman–Crippen LogP) is 4.14. The Morgan fingerprint density at radius 3 is 1.88 bits per heavy atom. The first kappa shape index (κ1) is 23.1. The molecular weight excluding hydrogens is 346 g/mol. The zero-order valence-electron chi connectivity index (χ0n) is 16.9. The average molecular weight is 384 g/mol. The van der Waals surface area contributed by atoms with Gasteiger partial charge in [-0.25, -0.2) is 8.42 Å². The predicted molar refractivity (Wildman–Crippen MR) is 108 cm³/mol. The molecule has 26 heavy (non-hydrogen) atoms. The summed E-state index contributed by atoms with van der Waals surface area (Å²) in [6.07, 6.45) is 9.84.